The minimum atomic E-state index is 0.222. The van der Waals surface area contributed by atoms with Gasteiger partial charge in [0, 0.05) is 19.0 Å². The van der Waals surface area contributed by atoms with Gasteiger partial charge in [0.2, 0.25) is 5.82 Å². The summed E-state index contributed by atoms with van der Waals surface area (Å²) in [6, 6.07) is 2.05. The van der Waals surface area contributed by atoms with Crippen LogP contribution in [-0.2, 0) is 6.54 Å². The Morgan fingerprint density at radius 2 is 2.15 bits per heavy atom. The first-order chi connectivity index (χ1) is 9.56. The molecule has 1 atom stereocenters. The van der Waals surface area contributed by atoms with Crippen molar-refractivity contribution in [3.05, 3.63) is 17.8 Å². The lowest BCUT2D eigenvalue weighted by Gasteiger charge is -2.11. The second-order valence-electron chi connectivity index (χ2n) is 5.27. The molecule has 0 spiro atoms. The summed E-state index contributed by atoms with van der Waals surface area (Å²) < 4.78 is 1.99. The van der Waals surface area contributed by atoms with Crippen LogP contribution < -0.4 is 0 Å². The van der Waals surface area contributed by atoms with Crippen LogP contribution in [0.2, 0.25) is 0 Å². The van der Waals surface area contributed by atoms with Crippen molar-refractivity contribution in [3.8, 4) is 6.07 Å². The summed E-state index contributed by atoms with van der Waals surface area (Å²) in [6.45, 7) is 5.90. The molecule has 0 aromatic carbocycles. The first kappa shape index (κ1) is 14.4. The number of fused-ring (bicyclic) bond motifs is 1. The maximum atomic E-state index is 9.11. The quantitative estimate of drug-likeness (QED) is 0.829. The summed E-state index contributed by atoms with van der Waals surface area (Å²) in [5.74, 6) is 0.490. The van der Waals surface area contributed by atoms with Crippen molar-refractivity contribution in [3.63, 3.8) is 0 Å². The molecule has 20 heavy (non-hydrogen) atoms. The van der Waals surface area contributed by atoms with Gasteiger partial charge in [0.25, 0.3) is 0 Å². The minimum absolute atomic E-state index is 0.222. The summed E-state index contributed by atoms with van der Waals surface area (Å²) in [6.07, 6.45) is 2.75. The molecule has 0 saturated carbocycles. The molecule has 0 radical (unpaired) electrons. The number of hydrogen-bond donors (Lipinski definition) is 0. The maximum absolute atomic E-state index is 9.11. The zero-order chi connectivity index (χ0) is 14.7. The number of hydrogen-bond acceptors (Lipinski definition) is 5. The van der Waals surface area contributed by atoms with Gasteiger partial charge in [0.05, 0.1) is 12.0 Å². The largest absolute Gasteiger partial charge is 0.314 e. The monoisotopic (exact) mass is 272 g/mol. The molecule has 106 valence electrons. The highest BCUT2D eigenvalue weighted by molar-refractivity contribution is 5.74. The van der Waals surface area contributed by atoms with Crippen LogP contribution in [-0.4, -0.2) is 45.1 Å². The molecule has 0 aliphatic rings. The van der Waals surface area contributed by atoms with Crippen molar-refractivity contribution in [1.82, 2.24) is 24.4 Å². The van der Waals surface area contributed by atoms with E-state index in [-0.39, 0.29) is 11.7 Å². The number of imidazole rings is 1. The number of nitriles is 1. The number of nitrogens with zero attached hydrogens (tertiary/aromatic N) is 6. The predicted octanol–water partition coefficient (Wildman–Crippen LogP) is 1.77. The van der Waals surface area contributed by atoms with Gasteiger partial charge in [-0.15, -0.1) is 0 Å². The molecular formula is C14H20N6. The van der Waals surface area contributed by atoms with Crippen LogP contribution in [0.15, 0.2) is 6.33 Å². The molecule has 0 N–H and O–H groups in total. The van der Waals surface area contributed by atoms with Crippen LogP contribution in [0.25, 0.3) is 11.2 Å². The molecule has 6 nitrogen and oxygen atoms in total. The highest BCUT2D eigenvalue weighted by Crippen LogP contribution is 2.24. The van der Waals surface area contributed by atoms with Crippen LogP contribution >= 0.6 is 0 Å². The molecule has 0 aliphatic heterocycles. The molecular weight excluding hydrogens is 252 g/mol. The van der Waals surface area contributed by atoms with Gasteiger partial charge in [-0.1, -0.05) is 13.8 Å². The van der Waals surface area contributed by atoms with Crippen molar-refractivity contribution in [2.45, 2.75) is 32.7 Å². The van der Waals surface area contributed by atoms with Gasteiger partial charge < -0.3 is 9.47 Å². The highest BCUT2D eigenvalue weighted by Gasteiger charge is 2.17. The van der Waals surface area contributed by atoms with E-state index in [4.69, 9.17) is 5.26 Å². The third-order valence-electron chi connectivity index (χ3n) is 3.46. The average molecular weight is 272 g/mol. The molecule has 0 saturated heterocycles. The fourth-order valence-electron chi connectivity index (χ4n) is 2.02. The lowest BCUT2D eigenvalue weighted by atomic mass is 10.0. The van der Waals surface area contributed by atoms with Gasteiger partial charge in [-0.05, 0) is 20.5 Å². The van der Waals surface area contributed by atoms with E-state index in [9.17, 15) is 0 Å². The highest BCUT2D eigenvalue weighted by atomic mass is 15.2. The average Bonchev–Trinajstić information content (AvgIpc) is 2.86. The molecule has 0 amide bonds. The number of rotatable bonds is 5. The zero-order valence-corrected chi connectivity index (χ0v) is 12.5. The fraction of sp³-hybridized carbons (Fsp3) is 0.571. The van der Waals surface area contributed by atoms with E-state index in [1.807, 2.05) is 24.7 Å². The molecule has 6 heteroatoms. The van der Waals surface area contributed by atoms with Gasteiger partial charge in [-0.3, -0.25) is 0 Å². The smallest absolute Gasteiger partial charge is 0.234 e. The van der Waals surface area contributed by atoms with E-state index in [1.165, 1.54) is 0 Å². The van der Waals surface area contributed by atoms with Crippen molar-refractivity contribution in [1.29, 1.82) is 5.26 Å². The van der Waals surface area contributed by atoms with Crippen LogP contribution in [0.5, 0.6) is 0 Å². The second-order valence-corrected chi connectivity index (χ2v) is 5.27. The Bertz CT molecular complexity index is 637. The Hall–Kier alpha value is -2.00. The van der Waals surface area contributed by atoms with E-state index in [1.54, 1.807) is 6.33 Å². The van der Waals surface area contributed by atoms with Crippen LogP contribution in [0, 0.1) is 11.3 Å². The molecule has 0 bridgehead atoms. The molecule has 1 unspecified atom stereocenters. The van der Waals surface area contributed by atoms with Gasteiger partial charge >= 0.3 is 0 Å². The molecule has 2 aromatic heterocycles. The van der Waals surface area contributed by atoms with Gasteiger partial charge in [-0.25, -0.2) is 9.97 Å². The van der Waals surface area contributed by atoms with Gasteiger partial charge in [0.15, 0.2) is 5.65 Å². The molecule has 2 rings (SSSR count). The van der Waals surface area contributed by atoms with Crippen LogP contribution in [0.1, 0.15) is 37.7 Å². The topological polar surface area (TPSA) is 70.6 Å². The number of likely N-dealkylation sites (N-methyl/N-ethyl adjacent to an activating group) is 1. The zero-order valence-electron chi connectivity index (χ0n) is 12.5. The van der Waals surface area contributed by atoms with E-state index in [0.717, 1.165) is 36.4 Å². The third-order valence-corrected chi connectivity index (χ3v) is 3.46. The molecule has 0 aliphatic carbocycles. The van der Waals surface area contributed by atoms with Crippen LogP contribution in [0.3, 0.4) is 0 Å². The Morgan fingerprint density at radius 1 is 1.40 bits per heavy atom. The van der Waals surface area contributed by atoms with Crippen molar-refractivity contribution in [2.75, 3.05) is 20.6 Å². The Morgan fingerprint density at radius 3 is 2.75 bits per heavy atom. The second kappa shape index (κ2) is 5.97. The Balaban J connectivity index is 2.51. The first-order valence-electron chi connectivity index (χ1n) is 6.84. The summed E-state index contributed by atoms with van der Waals surface area (Å²) in [7, 11) is 4.05. The lowest BCUT2D eigenvalue weighted by molar-refractivity contribution is 0.386. The Labute approximate surface area is 119 Å². The van der Waals surface area contributed by atoms with E-state index in [2.05, 4.69) is 33.7 Å². The molecule has 2 heterocycles. The standard InChI is InChI=1S/C14H20N6/c1-5-10(2)12-13-14(18-11(8-15)17-12)20(9-16-13)7-6-19(3)4/h9-10H,5-7H2,1-4H3. The summed E-state index contributed by atoms with van der Waals surface area (Å²) >= 11 is 0. The van der Waals surface area contributed by atoms with Crippen molar-refractivity contribution >= 4 is 11.2 Å². The number of aromatic nitrogens is 4. The molecule has 2 aromatic rings. The summed E-state index contributed by atoms with van der Waals surface area (Å²) in [5, 5.41) is 9.11. The van der Waals surface area contributed by atoms with Gasteiger partial charge in [0.1, 0.15) is 11.6 Å². The van der Waals surface area contributed by atoms with Gasteiger partial charge in [-0.2, -0.15) is 10.2 Å². The normalized spacial score (nSPS) is 12.8. The lowest BCUT2D eigenvalue weighted by Crippen LogP contribution is -2.18. The van der Waals surface area contributed by atoms with Crippen molar-refractivity contribution < 1.29 is 0 Å². The maximum Gasteiger partial charge on any atom is 0.234 e. The minimum Gasteiger partial charge on any atom is -0.314 e. The SMILES string of the molecule is CCC(C)c1nc(C#N)nc2c1ncn2CCN(C)C. The van der Waals surface area contributed by atoms with Crippen molar-refractivity contribution in [2.24, 2.45) is 0 Å². The third kappa shape index (κ3) is 2.78. The fourth-order valence-corrected chi connectivity index (χ4v) is 2.02. The Kier molecular flexibility index (Phi) is 4.30. The molecule has 0 fully saturated rings. The van der Waals surface area contributed by atoms with E-state index < -0.39 is 0 Å². The summed E-state index contributed by atoms with van der Waals surface area (Å²) in [5.41, 5.74) is 2.45. The van der Waals surface area contributed by atoms with Crippen LogP contribution in [0.4, 0.5) is 0 Å². The van der Waals surface area contributed by atoms with E-state index >= 15 is 0 Å². The van der Waals surface area contributed by atoms with E-state index in [0.29, 0.717) is 0 Å². The first-order valence-corrected chi connectivity index (χ1v) is 6.84. The summed E-state index contributed by atoms with van der Waals surface area (Å²) in [4.78, 5) is 15.2. The predicted molar refractivity (Wildman–Crippen MR) is 77.3 cm³/mol.